The third-order valence-electron chi connectivity index (χ3n) is 2.33. The van der Waals surface area contributed by atoms with Crippen LogP contribution in [0.3, 0.4) is 0 Å². The fourth-order valence-electron chi connectivity index (χ4n) is 1.41. The van der Waals surface area contributed by atoms with E-state index in [4.69, 9.17) is 9.52 Å². The summed E-state index contributed by atoms with van der Waals surface area (Å²) in [5, 5.41) is 20.2. The fourth-order valence-corrected chi connectivity index (χ4v) is 1.41. The number of hydrogen-bond donors (Lipinski definition) is 2. The van der Waals surface area contributed by atoms with Crippen molar-refractivity contribution in [3.8, 4) is 0 Å². The molecule has 0 aromatic carbocycles. The smallest absolute Gasteiger partial charge is 0.318 e. The van der Waals surface area contributed by atoms with Crippen LogP contribution >= 0.6 is 0 Å². The Hall–Kier alpha value is -1.14. The molecule has 6 heteroatoms. The highest BCUT2D eigenvalue weighted by atomic mass is 16.4. The molecule has 0 aliphatic rings. The summed E-state index contributed by atoms with van der Waals surface area (Å²) >= 11 is 0. The highest BCUT2D eigenvalue weighted by molar-refractivity contribution is 5.25. The topological polar surface area (TPSA) is 74.4 Å². The Balaban J connectivity index is 2.64. The van der Waals surface area contributed by atoms with Crippen molar-refractivity contribution in [2.75, 3.05) is 18.1 Å². The molecule has 0 saturated carbocycles. The van der Waals surface area contributed by atoms with Crippen molar-refractivity contribution >= 4 is 6.01 Å². The van der Waals surface area contributed by atoms with Crippen molar-refractivity contribution in [1.29, 1.82) is 0 Å². The zero-order valence-corrected chi connectivity index (χ0v) is 11.0. The van der Waals surface area contributed by atoms with E-state index in [1.807, 2.05) is 18.7 Å². The molecular formula is C11H22N4O2. The molecule has 2 N–H and O–H groups in total. The predicted molar refractivity (Wildman–Crippen MR) is 65.8 cm³/mol. The first-order chi connectivity index (χ1) is 8.04. The molecule has 0 unspecified atom stereocenters. The summed E-state index contributed by atoms with van der Waals surface area (Å²) in [5.41, 5.74) is 0. The lowest BCUT2D eigenvalue weighted by Crippen LogP contribution is -2.33. The van der Waals surface area contributed by atoms with Crippen LogP contribution in [0.2, 0.25) is 0 Å². The van der Waals surface area contributed by atoms with Crippen LogP contribution < -0.4 is 10.2 Å². The Labute approximate surface area is 102 Å². The minimum atomic E-state index is 0.0696. The Bertz CT molecular complexity index is 325. The number of aliphatic hydroxyl groups excluding tert-OH is 1. The summed E-state index contributed by atoms with van der Waals surface area (Å²) in [6.07, 6.45) is 0. The van der Waals surface area contributed by atoms with Gasteiger partial charge in [-0.05, 0) is 13.8 Å². The Morgan fingerprint density at radius 2 is 2.00 bits per heavy atom. The first kappa shape index (κ1) is 13.9. The molecule has 98 valence electrons. The lowest BCUT2D eigenvalue weighted by atomic mass is 10.3. The second-order valence-corrected chi connectivity index (χ2v) is 4.52. The maximum Gasteiger partial charge on any atom is 0.318 e. The van der Waals surface area contributed by atoms with Gasteiger partial charge < -0.3 is 19.7 Å². The third kappa shape index (κ3) is 4.32. The summed E-state index contributed by atoms with van der Waals surface area (Å²) in [5.74, 6) is 0.567. The second-order valence-electron chi connectivity index (χ2n) is 4.52. The molecule has 0 bridgehead atoms. The minimum absolute atomic E-state index is 0.0696. The summed E-state index contributed by atoms with van der Waals surface area (Å²) in [6, 6.07) is 1.06. The van der Waals surface area contributed by atoms with Gasteiger partial charge in [-0.15, -0.1) is 5.10 Å². The van der Waals surface area contributed by atoms with Gasteiger partial charge >= 0.3 is 6.01 Å². The molecule has 0 atom stereocenters. The predicted octanol–water partition coefficient (Wildman–Crippen LogP) is 0.775. The fraction of sp³-hybridized carbons (Fsp3) is 0.818. The molecule has 0 spiro atoms. The number of nitrogens with zero attached hydrogens (tertiary/aromatic N) is 3. The summed E-state index contributed by atoms with van der Waals surface area (Å²) < 4.78 is 5.54. The zero-order chi connectivity index (χ0) is 12.8. The minimum Gasteiger partial charge on any atom is -0.407 e. The molecule has 17 heavy (non-hydrogen) atoms. The van der Waals surface area contributed by atoms with Crippen LogP contribution in [0.1, 0.15) is 33.6 Å². The number of rotatable bonds is 7. The summed E-state index contributed by atoms with van der Waals surface area (Å²) in [6.45, 7) is 9.29. The summed E-state index contributed by atoms with van der Waals surface area (Å²) in [7, 11) is 0. The number of aromatic nitrogens is 2. The quantitative estimate of drug-likeness (QED) is 0.736. The average Bonchev–Trinajstić information content (AvgIpc) is 2.71. The molecule has 0 saturated heterocycles. The first-order valence-corrected chi connectivity index (χ1v) is 5.97. The molecule has 1 rings (SSSR count). The van der Waals surface area contributed by atoms with Crippen LogP contribution in [0, 0.1) is 0 Å². The van der Waals surface area contributed by atoms with Crippen molar-refractivity contribution in [2.24, 2.45) is 0 Å². The van der Waals surface area contributed by atoms with E-state index in [-0.39, 0.29) is 12.6 Å². The molecule has 0 radical (unpaired) electrons. The molecule has 0 amide bonds. The van der Waals surface area contributed by atoms with E-state index in [0.29, 0.717) is 31.0 Å². The van der Waals surface area contributed by atoms with Gasteiger partial charge in [-0.3, -0.25) is 0 Å². The van der Waals surface area contributed by atoms with Gasteiger partial charge in [0, 0.05) is 18.6 Å². The number of nitrogens with one attached hydrogen (secondary N) is 1. The van der Waals surface area contributed by atoms with Gasteiger partial charge in [0.1, 0.15) is 0 Å². The van der Waals surface area contributed by atoms with E-state index in [1.165, 1.54) is 0 Å². The van der Waals surface area contributed by atoms with E-state index in [2.05, 4.69) is 29.4 Å². The average molecular weight is 242 g/mol. The molecule has 0 aliphatic heterocycles. The lowest BCUT2D eigenvalue weighted by molar-refractivity contribution is 0.294. The normalized spacial score (nSPS) is 11.5. The Kier molecular flexibility index (Phi) is 5.37. The summed E-state index contributed by atoms with van der Waals surface area (Å²) in [4.78, 5) is 1.88. The highest BCUT2D eigenvalue weighted by Gasteiger charge is 2.16. The van der Waals surface area contributed by atoms with Gasteiger partial charge in [-0.1, -0.05) is 18.9 Å². The molecule has 1 aromatic rings. The maximum absolute atomic E-state index is 8.99. The second kappa shape index (κ2) is 6.56. The zero-order valence-electron chi connectivity index (χ0n) is 11.0. The maximum atomic E-state index is 8.99. The van der Waals surface area contributed by atoms with Gasteiger partial charge in [-0.25, -0.2) is 0 Å². The van der Waals surface area contributed by atoms with Crippen LogP contribution in [0.4, 0.5) is 6.01 Å². The van der Waals surface area contributed by atoms with Crippen LogP contribution in [-0.4, -0.2) is 40.5 Å². The monoisotopic (exact) mass is 242 g/mol. The van der Waals surface area contributed by atoms with Crippen LogP contribution in [0.15, 0.2) is 4.42 Å². The van der Waals surface area contributed by atoms with Crippen molar-refractivity contribution in [1.82, 2.24) is 15.5 Å². The Morgan fingerprint density at radius 3 is 2.53 bits per heavy atom. The highest BCUT2D eigenvalue weighted by Crippen LogP contribution is 2.14. The van der Waals surface area contributed by atoms with Gasteiger partial charge in [0.25, 0.3) is 0 Å². The largest absolute Gasteiger partial charge is 0.407 e. The Morgan fingerprint density at radius 1 is 1.29 bits per heavy atom. The van der Waals surface area contributed by atoms with Gasteiger partial charge in [0.05, 0.1) is 13.2 Å². The number of anilines is 1. The molecule has 1 heterocycles. The lowest BCUT2D eigenvalue weighted by Gasteiger charge is -2.22. The van der Waals surface area contributed by atoms with Crippen LogP contribution in [0.5, 0.6) is 0 Å². The molecule has 6 nitrogen and oxygen atoms in total. The molecule has 0 aliphatic carbocycles. The van der Waals surface area contributed by atoms with Crippen molar-refractivity contribution in [3.05, 3.63) is 5.89 Å². The van der Waals surface area contributed by atoms with Gasteiger partial charge in [-0.2, -0.15) is 0 Å². The molecule has 1 aromatic heterocycles. The van der Waals surface area contributed by atoms with E-state index in [0.717, 1.165) is 0 Å². The molecular weight excluding hydrogens is 220 g/mol. The standard InChI is InChI=1S/C11H22N4O2/c1-8(2)12-7-10-13-14-11(17-10)15(5-6-16)9(3)4/h8-9,12,16H,5-7H2,1-4H3. The van der Waals surface area contributed by atoms with E-state index in [1.54, 1.807) is 0 Å². The van der Waals surface area contributed by atoms with E-state index in [9.17, 15) is 0 Å². The van der Waals surface area contributed by atoms with Gasteiger partial charge in [0.2, 0.25) is 5.89 Å². The third-order valence-corrected chi connectivity index (χ3v) is 2.33. The SMILES string of the molecule is CC(C)NCc1nnc(N(CCO)C(C)C)o1. The van der Waals surface area contributed by atoms with Crippen LogP contribution in [0.25, 0.3) is 0 Å². The number of hydrogen-bond acceptors (Lipinski definition) is 6. The van der Waals surface area contributed by atoms with Crippen molar-refractivity contribution in [3.63, 3.8) is 0 Å². The van der Waals surface area contributed by atoms with Crippen molar-refractivity contribution in [2.45, 2.75) is 46.3 Å². The van der Waals surface area contributed by atoms with Crippen LogP contribution in [-0.2, 0) is 6.54 Å². The van der Waals surface area contributed by atoms with Crippen molar-refractivity contribution < 1.29 is 9.52 Å². The molecule has 0 fully saturated rings. The van der Waals surface area contributed by atoms with Gasteiger partial charge in [0.15, 0.2) is 0 Å². The van der Waals surface area contributed by atoms with E-state index < -0.39 is 0 Å². The number of aliphatic hydroxyl groups is 1. The first-order valence-electron chi connectivity index (χ1n) is 5.97. The van der Waals surface area contributed by atoms with E-state index >= 15 is 0 Å².